The zero-order chi connectivity index (χ0) is 15.4. The van der Waals surface area contributed by atoms with Crippen LogP contribution in [-0.4, -0.2) is 44.0 Å². The molecule has 4 nitrogen and oxygen atoms in total. The lowest BCUT2D eigenvalue weighted by molar-refractivity contribution is -0.127. The summed E-state index contributed by atoms with van der Waals surface area (Å²) in [4.78, 5) is 15.3. The normalized spacial score (nSPS) is 14.1. The number of likely N-dealkylation sites (N-methyl/N-ethyl adjacent to an activating group) is 2. The molecule has 0 heterocycles. The van der Waals surface area contributed by atoms with Crippen LogP contribution in [0.3, 0.4) is 0 Å². The second-order valence-corrected chi connectivity index (χ2v) is 5.71. The summed E-state index contributed by atoms with van der Waals surface area (Å²) in [7, 11) is 3.43. The first kappa shape index (κ1) is 15.8. The molecule has 0 aromatic heterocycles. The van der Waals surface area contributed by atoms with Crippen LogP contribution in [0.2, 0.25) is 0 Å². The van der Waals surface area contributed by atoms with Crippen molar-refractivity contribution in [3.63, 3.8) is 0 Å². The van der Waals surface area contributed by atoms with Crippen LogP contribution < -0.4 is 10.2 Å². The predicted molar refractivity (Wildman–Crippen MR) is 82.8 cm³/mol. The smallest absolute Gasteiger partial charge is 0.241 e. The minimum Gasteiger partial charge on any atom is -0.360 e. The first-order chi connectivity index (χ1) is 10.0. The Kier molecular flexibility index (Phi) is 5.17. The number of hydrogen-bond donors (Lipinski definition) is 1. The molecule has 1 N–H and O–H groups in total. The monoisotopic (exact) mass is 293 g/mol. The number of amides is 1. The quantitative estimate of drug-likeness (QED) is 0.835. The maximum absolute atomic E-state index is 14.3. The minimum absolute atomic E-state index is 0.0267. The zero-order valence-electron chi connectivity index (χ0n) is 13.0. The Labute approximate surface area is 125 Å². The van der Waals surface area contributed by atoms with Crippen molar-refractivity contribution in [1.29, 1.82) is 0 Å². The van der Waals surface area contributed by atoms with E-state index in [9.17, 15) is 9.18 Å². The molecule has 1 fully saturated rings. The minimum atomic E-state index is -0.265. The fraction of sp³-hybridized carbons (Fsp3) is 0.562. The van der Waals surface area contributed by atoms with Gasteiger partial charge in [0.15, 0.2) is 0 Å². The van der Waals surface area contributed by atoms with Crippen LogP contribution in [0.5, 0.6) is 0 Å². The highest BCUT2D eigenvalue weighted by Crippen LogP contribution is 2.26. The summed E-state index contributed by atoms with van der Waals surface area (Å²) in [5.74, 6) is -0.292. The molecule has 1 saturated carbocycles. The number of rotatable bonds is 7. The second-order valence-electron chi connectivity index (χ2n) is 5.71. The van der Waals surface area contributed by atoms with Gasteiger partial charge in [0.05, 0.1) is 12.2 Å². The van der Waals surface area contributed by atoms with Gasteiger partial charge in [-0.1, -0.05) is 12.1 Å². The molecule has 5 heteroatoms. The number of para-hydroxylation sites is 1. The van der Waals surface area contributed by atoms with E-state index in [2.05, 4.69) is 5.32 Å². The number of hydrogen-bond acceptors (Lipinski definition) is 3. The molecule has 0 bridgehead atoms. The summed E-state index contributed by atoms with van der Waals surface area (Å²) in [5.41, 5.74) is 1.46. The van der Waals surface area contributed by atoms with Gasteiger partial charge in [0.25, 0.3) is 0 Å². The van der Waals surface area contributed by atoms with E-state index in [4.69, 9.17) is 0 Å². The van der Waals surface area contributed by atoms with E-state index in [1.807, 2.05) is 17.9 Å². The molecular formula is C16H24FN3O. The Morgan fingerprint density at radius 2 is 2.10 bits per heavy atom. The lowest BCUT2D eigenvalue weighted by Crippen LogP contribution is -2.37. The van der Waals surface area contributed by atoms with Crippen LogP contribution in [0, 0.1) is 5.82 Å². The van der Waals surface area contributed by atoms with E-state index in [-0.39, 0.29) is 18.3 Å². The summed E-state index contributed by atoms with van der Waals surface area (Å²) in [6, 6.07) is 5.68. The Morgan fingerprint density at radius 3 is 2.67 bits per heavy atom. The topological polar surface area (TPSA) is 35.6 Å². The van der Waals surface area contributed by atoms with Gasteiger partial charge in [-0.05, 0) is 31.4 Å². The van der Waals surface area contributed by atoms with Gasteiger partial charge in [0, 0.05) is 33.2 Å². The van der Waals surface area contributed by atoms with Crippen molar-refractivity contribution in [1.82, 2.24) is 10.2 Å². The maximum atomic E-state index is 14.3. The third kappa shape index (κ3) is 4.17. The second kappa shape index (κ2) is 6.89. The highest BCUT2D eigenvalue weighted by atomic mass is 19.1. The Bertz CT molecular complexity index is 500. The first-order valence-corrected chi connectivity index (χ1v) is 7.48. The van der Waals surface area contributed by atoms with E-state index in [0.29, 0.717) is 24.8 Å². The van der Waals surface area contributed by atoms with Crippen molar-refractivity contribution in [2.24, 2.45) is 0 Å². The van der Waals surface area contributed by atoms with Gasteiger partial charge in [-0.2, -0.15) is 0 Å². The first-order valence-electron chi connectivity index (χ1n) is 7.48. The van der Waals surface area contributed by atoms with Gasteiger partial charge in [0.1, 0.15) is 5.82 Å². The molecule has 2 rings (SSSR count). The molecule has 1 aromatic rings. The third-order valence-corrected chi connectivity index (χ3v) is 3.75. The van der Waals surface area contributed by atoms with Crippen LogP contribution in [0.1, 0.15) is 25.3 Å². The lowest BCUT2D eigenvalue weighted by atomic mass is 10.1. The molecule has 116 valence electrons. The van der Waals surface area contributed by atoms with E-state index in [1.54, 1.807) is 20.2 Å². The van der Waals surface area contributed by atoms with E-state index < -0.39 is 0 Å². The summed E-state index contributed by atoms with van der Waals surface area (Å²) in [5, 5.41) is 3.41. The number of nitrogens with zero attached hydrogens (tertiary/aromatic N) is 2. The standard InChI is InChI=1S/C16H24FN3O/c1-4-20(11-15(21)19(2)3)16-12(6-5-7-14(16)17)10-18-13-8-9-13/h5-7,13,18H,4,8-11H2,1-3H3. The molecular weight excluding hydrogens is 269 g/mol. The zero-order valence-corrected chi connectivity index (χ0v) is 13.0. The van der Waals surface area contributed by atoms with E-state index >= 15 is 0 Å². The molecule has 0 unspecified atom stereocenters. The van der Waals surface area contributed by atoms with Gasteiger partial charge in [-0.3, -0.25) is 4.79 Å². The molecule has 0 saturated heterocycles. The van der Waals surface area contributed by atoms with Gasteiger partial charge < -0.3 is 15.1 Å². The van der Waals surface area contributed by atoms with Crippen LogP contribution in [0.25, 0.3) is 0 Å². The van der Waals surface area contributed by atoms with Crippen molar-refractivity contribution < 1.29 is 9.18 Å². The molecule has 1 aliphatic rings. The number of carbonyl (C=O) groups is 1. The van der Waals surface area contributed by atoms with Crippen LogP contribution in [-0.2, 0) is 11.3 Å². The number of carbonyl (C=O) groups excluding carboxylic acids is 1. The molecule has 1 aromatic carbocycles. The third-order valence-electron chi connectivity index (χ3n) is 3.75. The number of benzene rings is 1. The van der Waals surface area contributed by atoms with Gasteiger partial charge in [-0.15, -0.1) is 0 Å². The molecule has 1 amide bonds. The average Bonchev–Trinajstić information content (AvgIpc) is 3.27. The Hall–Kier alpha value is -1.62. The maximum Gasteiger partial charge on any atom is 0.241 e. The average molecular weight is 293 g/mol. The summed E-state index contributed by atoms with van der Waals surface area (Å²) < 4.78 is 14.3. The molecule has 1 aliphatic carbocycles. The molecule has 21 heavy (non-hydrogen) atoms. The molecule has 0 aliphatic heterocycles. The fourth-order valence-corrected chi connectivity index (χ4v) is 2.25. The van der Waals surface area contributed by atoms with Crippen molar-refractivity contribution in [3.05, 3.63) is 29.6 Å². The highest BCUT2D eigenvalue weighted by Gasteiger charge is 2.22. The van der Waals surface area contributed by atoms with Crippen molar-refractivity contribution >= 4 is 11.6 Å². The van der Waals surface area contributed by atoms with E-state index in [0.717, 1.165) is 5.56 Å². The summed E-state index contributed by atoms with van der Waals surface area (Å²) in [6.07, 6.45) is 2.39. The Morgan fingerprint density at radius 1 is 1.38 bits per heavy atom. The summed E-state index contributed by atoms with van der Waals surface area (Å²) in [6.45, 7) is 3.37. The Balaban J connectivity index is 2.18. The largest absolute Gasteiger partial charge is 0.360 e. The number of halogens is 1. The van der Waals surface area contributed by atoms with Gasteiger partial charge in [0.2, 0.25) is 5.91 Å². The number of nitrogens with one attached hydrogen (secondary N) is 1. The van der Waals surface area contributed by atoms with E-state index in [1.165, 1.54) is 23.8 Å². The molecule has 0 atom stereocenters. The predicted octanol–water partition coefficient (Wildman–Crippen LogP) is 1.99. The number of anilines is 1. The van der Waals surface area contributed by atoms with Crippen molar-refractivity contribution in [2.75, 3.05) is 32.1 Å². The van der Waals surface area contributed by atoms with Crippen molar-refractivity contribution in [3.8, 4) is 0 Å². The summed E-state index contributed by atoms with van der Waals surface area (Å²) >= 11 is 0. The van der Waals surface area contributed by atoms with Gasteiger partial charge in [-0.25, -0.2) is 4.39 Å². The lowest BCUT2D eigenvalue weighted by Gasteiger charge is -2.27. The molecule has 0 radical (unpaired) electrons. The van der Waals surface area contributed by atoms with Crippen LogP contribution in [0.15, 0.2) is 18.2 Å². The fourth-order valence-electron chi connectivity index (χ4n) is 2.25. The SMILES string of the molecule is CCN(CC(=O)N(C)C)c1c(F)cccc1CNC1CC1. The highest BCUT2D eigenvalue weighted by molar-refractivity contribution is 5.81. The van der Waals surface area contributed by atoms with Crippen LogP contribution >= 0.6 is 0 Å². The molecule has 0 spiro atoms. The van der Waals surface area contributed by atoms with Crippen LogP contribution in [0.4, 0.5) is 10.1 Å². The van der Waals surface area contributed by atoms with Crippen molar-refractivity contribution in [2.45, 2.75) is 32.4 Å². The van der Waals surface area contributed by atoms with Gasteiger partial charge >= 0.3 is 0 Å².